The second-order valence-electron chi connectivity index (χ2n) is 4.22. The topological polar surface area (TPSA) is 111 Å². The van der Waals surface area contributed by atoms with Crippen LogP contribution in [0.1, 0.15) is 12.8 Å². The Balaban J connectivity index is 2.71. The molecule has 0 aliphatic rings. The molecule has 0 radical (unpaired) electrons. The van der Waals surface area contributed by atoms with E-state index in [9.17, 15) is 10.1 Å². The molecule has 9 nitrogen and oxygen atoms in total. The molecule has 0 bridgehead atoms. The fraction of sp³-hybridized carbons (Fsp3) is 0.667. The SMILES string of the molecule is COCCCNc1ncnc(NCCCOC)c1[N+](=O)[O-]. The van der Waals surface area contributed by atoms with Gasteiger partial charge in [0.05, 0.1) is 4.92 Å². The molecule has 0 amide bonds. The Morgan fingerprint density at radius 3 is 1.95 bits per heavy atom. The Bertz CT molecular complexity index is 413. The van der Waals surface area contributed by atoms with Crippen molar-refractivity contribution in [2.45, 2.75) is 12.8 Å². The van der Waals surface area contributed by atoms with E-state index >= 15 is 0 Å². The predicted octanol–water partition coefficient (Wildman–Crippen LogP) is 1.28. The largest absolute Gasteiger partial charge is 0.385 e. The molecule has 0 atom stereocenters. The highest BCUT2D eigenvalue weighted by Crippen LogP contribution is 2.28. The van der Waals surface area contributed by atoms with Crippen molar-refractivity contribution in [3.63, 3.8) is 0 Å². The standard InChI is InChI=1S/C12H21N5O4/c1-20-7-3-5-13-11-10(17(18)19)12(16-9-15-11)14-6-4-8-21-2/h9H,3-8H2,1-2H3,(H2,13,14,15,16). The van der Waals surface area contributed by atoms with Gasteiger partial charge in [0.1, 0.15) is 6.33 Å². The van der Waals surface area contributed by atoms with Crippen molar-refractivity contribution in [1.82, 2.24) is 9.97 Å². The quantitative estimate of drug-likeness (QED) is 0.357. The summed E-state index contributed by atoms with van der Waals surface area (Å²) in [6, 6.07) is 0. The second-order valence-corrected chi connectivity index (χ2v) is 4.22. The first-order valence-corrected chi connectivity index (χ1v) is 6.65. The van der Waals surface area contributed by atoms with Crippen molar-refractivity contribution in [3.8, 4) is 0 Å². The first-order valence-electron chi connectivity index (χ1n) is 6.65. The van der Waals surface area contributed by atoms with Crippen LogP contribution in [0.5, 0.6) is 0 Å². The summed E-state index contributed by atoms with van der Waals surface area (Å²) in [6.45, 7) is 2.23. The molecule has 118 valence electrons. The Kier molecular flexibility index (Phi) is 7.99. The molecule has 0 aromatic carbocycles. The van der Waals surface area contributed by atoms with Crippen molar-refractivity contribution in [1.29, 1.82) is 0 Å². The maximum Gasteiger partial charge on any atom is 0.353 e. The van der Waals surface area contributed by atoms with Gasteiger partial charge in [0.25, 0.3) is 0 Å². The van der Waals surface area contributed by atoms with Crippen LogP contribution in [0.25, 0.3) is 0 Å². The number of nitrogens with zero attached hydrogens (tertiary/aromatic N) is 3. The van der Waals surface area contributed by atoms with Gasteiger partial charge in [0.2, 0.25) is 11.6 Å². The van der Waals surface area contributed by atoms with Gasteiger partial charge in [0.15, 0.2) is 0 Å². The zero-order valence-electron chi connectivity index (χ0n) is 12.3. The van der Waals surface area contributed by atoms with Crippen molar-refractivity contribution < 1.29 is 14.4 Å². The highest BCUT2D eigenvalue weighted by Gasteiger charge is 2.22. The minimum atomic E-state index is -0.489. The zero-order chi connectivity index (χ0) is 15.5. The predicted molar refractivity (Wildman–Crippen MR) is 78.7 cm³/mol. The highest BCUT2D eigenvalue weighted by atomic mass is 16.6. The number of nitrogens with one attached hydrogen (secondary N) is 2. The Hall–Kier alpha value is -2.00. The van der Waals surface area contributed by atoms with E-state index in [0.29, 0.717) is 26.3 Å². The number of methoxy groups -OCH3 is 2. The lowest BCUT2D eigenvalue weighted by molar-refractivity contribution is -0.383. The average molecular weight is 299 g/mol. The van der Waals surface area contributed by atoms with E-state index in [1.807, 2.05) is 0 Å². The Morgan fingerprint density at radius 2 is 1.57 bits per heavy atom. The lowest BCUT2D eigenvalue weighted by Gasteiger charge is -2.09. The van der Waals surface area contributed by atoms with E-state index in [1.54, 1.807) is 14.2 Å². The summed E-state index contributed by atoms with van der Waals surface area (Å²) in [5.41, 5.74) is -0.146. The number of hydrogen-bond acceptors (Lipinski definition) is 8. The maximum atomic E-state index is 11.2. The van der Waals surface area contributed by atoms with E-state index in [2.05, 4.69) is 20.6 Å². The van der Waals surface area contributed by atoms with Crippen LogP contribution in [0.15, 0.2) is 6.33 Å². The van der Waals surface area contributed by atoms with E-state index in [0.717, 1.165) is 12.8 Å². The summed E-state index contributed by atoms with van der Waals surface area (Å²) in [5, 5.41) is 17.1. The van der Waals surface area contributed by atoms with Gasteiger partial charge in [0, 0.05) is 40.5 Å². The summed E-state index contributed by atoms with van der Waals surface area (Å²) in [6.07, 6.45) is 2.76. The van der Waals surface area contributed by atoms with Crippen molar-refractivity contribution in [2.24, 2.45) is 0 Å². The third-order valence-corrected chi connectivity index (χ3v) is 2.64. The number of rotatable bonds is 11. The van der Waals surface area contributed by atoms with Crippen LogP contribution >= 0.6 is 0 Å². The molecule has 0 unspecified atom stereocenters. The average Bonchev–Trinajstić information content (AvgIpc) is 2.48. The van der Waals surface area contributed by atoms with E-state index in [1.165, 1.54) is 6.33 Å². The fourth-order valence-electron chi connectivity index (χ4n) is 1.66. The van der Waals surface area contributed by atoms with E-state index in [4.69, 9.17) is 9.47 Å². The van der Waals surface area contributed by atoms with Crippen LogP contribution in [-0.2, 0) is 9.47 Å². The van der Waals surface area contributed by atoms with Gasteiger partial charge in [-0.25, -0.2) is 9.97 Å². The molecule has 9 heteroatoms. The van der Waals surface area contributed by atoms with E-state index in [-0.39, 0.29) is 17.3 Å². The third kappa shape index (κ3) is 5.88. The number of nitro groups is 1. The number of hydrogen-bond donors (Lipinski definition) is 2. The molecule has 0 fully saturated rings. The van der Waals surface area contributed by atoms with Crippen LogP contribution in [0, 0.1) is 10.1 Å². The van der Waals surface area contributed by atoms with Crippen molar-refractivity contribution in [3.05, 3.63) is 16.4 Å². The van der Waals surface area contributed by atoms with Gasteiger partial charge in [-0.3, -0.25) is 10.1 Å². The fourth-order valence-corrected chi connectivity index (χ4v) is 1.66. The van der Waals surface area contributed by atoms with Gasteiger partial charge in [-0.1, -0.05) is 0 Å². The highest BCUT2D eigenvalue weighted by molar-refractivity contribution is 5.69. The summed E-state index contributed by atoms with van der Waals surface area (Å²) >= 11 is 0. The van der Waals surface area contributed by atoms with Gasteiger partial charge < -0.3 is 20.1 Å². The minimum absolute atomic E-state index is 0.146. The molecule has 1 aromatic heterocycles. The summed E-state index contributed by atoms with van der Waals surface area (Å²) in [5.74, 6) is 0.417. The van der Waals surface area contributed by atoms with Crippen LogP contribution in [0.3, 0.4) is 0 Å². The molecule has 1 heterocycles. The van der Waals surface area contributed by atoms with Crippen LogP contribution in [-0.4, -0.2) is 55.4 Å². The normalized spacial score (nSPS) is 10.4. The lowest BCUT2D eigenvalue weighted by atomic mass is 10.3. The van der Waals surface area contributed by atoms with Gasteiger partial charge in [-0.05, 0) is 12.8 Å². The van der Waals surface area contributed by atoms with Gasteiger partial charge in [-0.15, -0.1) is 0 Å². The monoisotopic (exact) mass is 299 g/mol. The molecular weight excluding hydrogens is 278 g/mol. The minimum Gasteiger partial charge on any atom is -0.385 e. The van der Waals surface area contributed by atoms with Crippen LogP contribution < -0.4 is 10.6 Å². The third-order valence-electron chi connectivity index (χ3n) is 2.64. The number of anilines is 2. The summed E-state index contributed by atoms with van der Waals surface area (Å²) < 4.78 is 9.85. The second kappa shape index (κ2) is 9.83. The maximum absolute atomic E-state index is 11.2. The van der Waals surface area contributed by atoms with Crippen molar-refractivity contribution in [2.75, 3.05) is 51.2 Å². The number of ether oxygens (including phenoxy) is 2. The Labute approximate surface area is 123 Å². The molecule has 21 heavy (non-hydrogen) atoms. The number of aromatic nitrogens is 2. The molecule has 0 saturated carbocycles. The first-order chi connectivity index (χ1) is 10.2. The molecule has 1 rings (SSSR count). The first kappa shape index (κ1) is 17.1. The molecule has 0 aliphatic carbocycles. The summed E-state index contributed by atoms with van der Waals surface area (Å²) in [4.78, 5) is 18.6. The molecular formula is C12H21N5O4. The van der Waals surface area contributed by atoms with Gasteiger partial charge in [-0.2, -0.15) is 0 Å². The Morgan fingerprint density at radius 1 is 1.10 bits per heavy atom. The smallest absolute Gasteiger partial charge is 0.353 e. The summed E-state index contributed by atoms with van der Waals surface area (Å²) in [7, 11) is 3.21. The van der Waals surface area contributed by atoms with Crippen molar-refractivity contribution >= 4 is 17.3 Å². The van der Waals surface area contributed by atoms with Gasteiger partial charge >= 0.3 is 5.69 Å². The molecule has 0 aliphatic heterocycles. The van der Waals surface area contributed by atoms with Crippen LogP contribution in [0.2, 0.25) is 0 Å². The molecule has 0 saturated heterocycles. The zero-order valence-corrected chi connectivity index (χ0v) is 12.3. The molecule has 1 aromatic rings. The van der Waals surface area contributed by atoms with E-state index < -0.39 is 4.92 Å². The lowest BCUT2D eigenvalue weighted by Crippen LogP contribution is -2.12. The molecule has 0 spiro atoms. The molecule has 2 N–H and O–H groups in total. The van der Waals surface area contributed by atoms with Crippen LogP contribution in [0.4, 0.5) is 17.3 Å².